The number of hydrogen-bond donors (Lipinski definition) is 4. The fraction of sp³-hybridized carbons (Fsp3) is 1.00. The van der Waals surface area contributed by atoms with Gasteiger partial charge < -0.3 is 24.3 Å². The summed E-state index contributed by atoms with van der Waals surface area (Å²) in [6.07, 6.45) is 0. The number of nitrogens with zero attached hydrogens (tertiary/aromatic N) is 1. The van der Waals surface area contributed by atoms with Crippen molar-refractivity contribution >= 4 is 71.6 Å². The first kappa shape index (κ1) is 25.0. The van der Waals surface area contributed by atoms with Gasteiger partial charge in [-0.3, -0.25) is 0 Å². The van der Waals surface area contributed by atoms with Crippen molar-refractivity contribution in [3.63, 3.8) is 0 Å². The predicted molar refractivity (Wildman–Crippen MR) is 58.6 cm³/mol. The normalized spacial score (nSPS) is 10.2. The second-order valence-electron chi connectivity index (χ2n) is 3.25. The topological polar surface area (TPSA) is 98.0 Å². The summed E-state index contributed by atoms with van der Waals surface area (Å²) in [4.78, 5) is 21.6. The first-order valence-electron chi connectivity index (χ1n) is 3.26. The Morgan fingerprint density at radius 1 is 1.14 bits per heavy atom. The van der Waals surface area contributed by atoms with Gasteiger partial charge in [-0.2, -0.15) is 0 Å². The van der Waals surface area contributed by atoms with Crippen molar-refractivity contribution in [1.82, 2.24) is 0 Å². The van der Waals surface area contributed by atoms with E-state index in [9.17, 15) is 0 Å². The number of hydrogen-bond acceptors (Lipinski definition) is 2. The Balaban J connectivity index is -0.0000000651. The third-order valence-corrected chi connectivity index (χ3v) is 0.771. The van der Waals surface area contributed by atoms with Crippen molar-refractivity contribution in [2.24, 2.45) is 0 Å². The van der Waals surface area contributed by atoms with Crippen molar-refractivity contribution in [2.75, 3.05) is 34.3 Å². The number of aliphatic hydroxyl groups excluding tert-OH is 1. The van der Waals surface area contributed by atoms with Gasteiger partial charge in [0.25, 0.3) is 0 Å². The molecule has 0 aromatic carbocycles. The fourth-order valence-electron chi connectivity index (χ4n) is 0.300. The molecule has 0 rings (SSSR count). The van der Waals surface area contributed by atoms with E-state index in [1.165, 1.54) is 0 Å². The van der Waals surface area contributed by atoms with Crippen LogP contribution in [0.4, 0.5) is 0 Å². The van der Waals surface area contributed by atoms with E-state index in [4.69, 9.17) is 24.4 Å². The Morgan fingerprint density at radius 3 is 1.36 bits per heavy atom. The molecule has 0 amide bonds. The van der Waals surface area contributed by atoms with Crippen molar-refractivity contribution in [2.45, 2.75) is 0 Å². The predicted octanol–water partition coefficient (Wildman–Crippen LogP) is -1.47. The number of halogens is 1. The third-order valence-electron chi connectivity index (χ3n) is 0.771. The molecular weight excluding hydrogens is 260 g/mol. The Hall–Kier alpha value is 1.96. The SMILES string of the molecule is C[N+](C)(C)CCO.Cl.O=P(O)(O)O.[KH]. The van der Waals surface area contributed by atoms with Crippen LogP contribution in [-0.2, 0) is 4.57 Å². The van der Waals surface area contributed by atoms with Crippen LogP contribution < -0.4 is 0 Å². The average Bonchev–Trinajstić information content (AvgIpc) is 1.54. The number of likely N-dealkylation sites (N-methyl/N-ethyl adjacent to an activating group) is 1. The summed E-state index contributed by atoms with van der Waals surface area (Å²) in [6.45, 7) is 1.11. The second kappa shape index (κ2) is 11.4. The maximum absolute atomic E-state index is 8.88. The zero-order valence-electron chi connectivity index (χ0n) is 7.91. The average molecular weight is 279 g/mol. The molecule has 0 unspecified atom stereocenters. The molecule has 0 atom stereocenters. The molecular formula is C5H19ClKNO5P+. The molecule has 0 saturated carbocycles. The molecule has 0 fully saturated rings. The first-order valence-corrected chi connectivity index (χ1v) is 4.82. The van der Waals surface area contributed by atoms with Crippen molar-refractivity contribution < 1.29 is 28.8 Å². The summed E-state index contributed by atoms with van der Waals surface area (Å²) in [5.41, 5.74) is 0. The fourth-order valence-corrected chi connectivity index (χ4v) is 0.300. The number of rotatable bonds is 2. The Morgan fingerprint density at radius 2 is 1.36 bits per heavy atom. The standard InChI is InChI=1S/C5H14NO.ClH.K.H3O4P.H/c1-6(2,3)4-5-7;;;1-5(2,3)4;/h7H,4-5H2,1-3H3;1H;;(H3,1,2,3,4);/q+1;;;;. The monoisotopic (exact) mass is 278 g/mol. The molecule has 6 nitrogen and oxygen atoms in total. The summed E-state index contributed by atoms with van der Waals surface area (Å²) in [5.74, 6) is 0. The molecule has 0 saturated heterocycles. The third kappa shape index (κ3) is 66.0. The maximum atomic E-state index is 8.88. The van der Waals surface area contributed by atoms with Gasteiger partial charge in [-0.05, 0) is 0 Å². The molecule has 0 aliphatic rings. The molecule has 9 heteroatoms. The van der Waals surface area contributed by atoms with Crippen molar-refractivity contribution in [3.05, 3.63) is 0 Å². The Bertz CT molecular complexity index is 150. The van der Waals surface area contributed by atoms with E-state index >= 15 is 0 Å². The van der Waals surface area contributed by atoms with Crippen LogP contribution in [0.15, 0.2) is 0 Å². The van der Waals surface area contributed by atoms with E-state index in [0.717, 1.165) is 11.0 Å². The molecule has 4 N–H and O–H groups in total. The van der Waals surface area contributed by atoms with Gasteiger partial charge in [0.2, 0.25) is 0 Å². The quantitative estimate of drug-likeness (QED) is 0.281. The molecule has 0 spiro atoms. The molecule has 0 radical (unpaired) electrons. The van der Waals surface area contributed by atoms with Crippen LogP contribution in [0.3, 0.4) is 0 Å². The molecule has 0 aliphatic heterocycles. The van der Waals surface area contributed by atoms with Crippen LogP contribution in [0, 0.1) is 0 Å². The van der Waals surface area contributed by atoms with Crippen molar-refractivity contribution in [3.8, 4) is 0 Å². The van der Waals surface area contributed by atoms with Crippen LogP contribution in [0.5, 0.6) is 0 Å². The van der Waals surface area contributed by atoms with E-state index < -0.39 is 7.82 Å². The second-order valence-corrected chi connectivity index (χ2v) is 4.28. The molecule has 0 aromatic heterocycles. The molecule has 0 aliphatic carbocycles. The van der Waals surface area contributed by atoms with Gasteiger partial charge in [0.15, 0.2) is 0 Å². The zero-order valence-corrected chi connectivity index (χ0v) is 9.62. The van der Waals surface area contributed by atoms with Gasteiger partial charge in [0.05, 0.1) is 27.7 Å². The minimum atomic E-state index is -4.64. The molecule has 86 valence electrons. The Kier molecular flexibility index (Phi) is 20.4. The summed E-state index contributed by atoms with van der Waals surface area (Å²) in [5, 5.41) is 8.39. The number of phosphoric acid groups is 1. The van der Waals surface area contributed by atoms with E-state index in [1.807, 2.05) is 0 Å². The van der Waals surface area contributed by atoms with Crippen LogP contribution in [-0.4, -0.2) is 110 Å². The summed E-state index contributed by atoms with van der Waals surface area (Å²) < 4.78 is 9.73. The van der Waals surface area contributed by atoms with Gasteiger partial charge >= 0.3 is 59.2 Å². The van der Waals surface area contributed by atoms with E-state index in [-0.39, 0.29) is 70.4 Å². The van der Waals surface area contributed by atoms with Gasteiger partial charge in [0.1, 0.15) is 6.54 Å². The molecule has 0 heterocycles. The van der Waals surface area contributed by atoms with Crippen LogP contribution in [0.25, 0.3) is 0 Å². The Labute approximate surface area is 133 Å². The van der Waals surface area contributed by atoms with Crippen LogP contribution in [0.2, 0.25) is 0 Å². The van der Waals surface area contributed by atoms with E-state index in [1.54, 1.807) is 0 Å². The number of quaternary nitrogens is 1. The van der Waals surface area contributed by atoms with Crippen LogP contribution in [0.1, 0.15) is 0 Å². The van der Waals surface area contributed by atoms with Gasteiger partial charge in [-0.25, -0.2) is 4.57 Å². The summed E-state index contributed by atoms with van der Waals surface area (Å²) in [7, 11) is 1.52. The summed E-state index contributed by atoms with van der Waals surface area (Å²) >= 11 is 0. The zero-order chi connectivity index (χ0) is 10.4. The summed E-state index contributed by atoms with van der Waals surface area (Å²) in [6, 6.07) is 0. The van der Waals surface area contributed by atoms with Crippen molar-refractivity contribution in [1.29, 1.82) is 0 Å². The van der Waals surface area contributed by atoms with Gasteiger partial charge in [-0.15, -0.1) is 12.4 Å². The van der Waals surface area contributed by atoms with E-state index in [2.05, 4.69) is 21.1 Å². The van der Waals surface area contributed by atoms with E-state index in [0.29, 0.717) is 0 Å². The number of aliphatic hydroxyl groups is 1. The molecule has 14 heavy (non-hydrogen) atoms. The molecule has 0 bridgehead atoms. The van der Waals surface area contributed by atoms with Crippen LogP contribution >= 0.6 is 20.2 Å². The minimum absolute atomic E-state index is 0. The van der Waals surface area contributed by atoms with Gasteiger partial charge in [-0.1, -0.05) is 0 Å². The van der Waals surface area contributed by atoms with Gasteiger partial charge in [0, 0.05) is 0 Å². The first-order chi connectivity index (χ1) is 5.06. The molecule has 0 aromatic rings.